The lowest BCUT2D eigenvalue weighted by atomic mass is 10.0. The summed E-state index contributed by atoms with van der Waals surface area (Å²) >= 11 is 3.48. The number of hydrogen-bond acceptors (Lipinski definition) is 2. The summed E-state index contributed by atoms with van der Waals surface area (Å²) in [4.78, 5) is 0. The van der Waals surface area contributed by atoms with Crippen molar-refractivity contribution in [3.8, 4) is 5.75 Å². The highest BCUT2D eigenvalue weighted by Crippen LogP contribution is 2.29. The minimum absolute atomic E-state index is 0.510. The first kappa shape index (κ1) is 15.1. The van der Waals surface area contributed by atoms with Gasteiger partial charge >= 0.3 is 0 Å². The monoisotopic (exact) mass is 334 g/mol. The molecule has 0 fully saturated rings. The quantitative estimate of drug-likeness (QED) is 0.876. The largest absolute Gasteiger partial charge is 0.493 e. The SMILES string of the molecule is CCOc1ccc(C(O)Cc2cccc(C)c2)cc1Br. The fourth-order valence-electron chi connectivity index (χ4n) is 2.18. The molecule has 2 aromatic carbocycles. The van der Waals surface area contributed by atoms with Gasteiger partial charge in [-0.15, -0.1) is 0 Å². The Morgan fingerprint density at radius 2 is 2.00 bits per heavy atom. The second-order valence-corrected chi connectivity index (χ2v) is 5.69. The molecule has 0 radical (unpaired) electrons. The second-order valence-electron chi connectivity index (χ2n) is 4.83. The van der Waals surface area contributed by atoms with Crippen LogP contribution in [0.3, 0.4) is 0 Å². The van der Waals surface area contributed by atoms with E-state index in [9.17, 15) is 5.11 Å². The molecular weight excluding hydrogens is 316 g/mol. The Morgan fingerprint density at radius 1 is 1.20 bits per heavy atom. The molecule has 0 aromatic heterocycles. The van der Waals surface area contributed by atoms with Crippen LogP contribution in [0, 0.1) is 6.92 Å². The van der Waals surface area contributed by atoms with Crippen LogP contribution in [0.15, 0.2) is 46.9 Å². The second kappa shape index (κ2) is 6.91. The van der Waals surface area contributed by atoms with Gasteiger partial charge in [0.05, 0.1) is 17.2 Å². The van der Waals surface area contributed by atoms with Crippen molar-refractivity contribution in [2.75, 3.05) is 6.61 Å². The zero-order valence-electron chi connectivity index (χ0n) is 11.8. The smallest absolute Gasteiger partial charge is 0.133 e. The standard InChI is InChI=1S/C17H19BrO2/c1-3-20-17-8-7-14(11-15(17)18)16(19)10-13-6-4-5-12(2)9-13/h4-9,11,16,19H,3,10H2,1-2H3. The zero-order valence-corrected chi connectivity index (χ0v) is 13.4. The lowest BCUT2D eigenvalue weighted by Gasteiger charge is -2.14. The maximum Gasteiger partial charge on any atom is 0.133 e. The molecule has 0 aliphatic rings. The van der Waals surface area contributed by atoms with Gasteiger partial charge in [-0.25, -0.2) is 0 Å². The number of aliphatic hydroxyl groups excluding tert-OH is 1. The van der Waals surface area contributed by atoms with E-state index in [0.29, 0.717) is 13.0 Å². The summed E-state index contributed by atoms with van der Waals surface area (Å²) in [5, 5.41) is 10.3. The van der Waals surface area contributed by atoms with Gasteiger partial charge in [0, 0.05) is 6.42 Å². The molecule has 0 heterocycles. The average molecular weight is 335 g/mol. The predicted octanol–water partition coefficient (Wildman–Crippen LogP) is 4.43. The summed E-state index contributed by atoms with van der Waals surface area (Å²) in [7, 11) is 0. The van der Waals surface area contributed by atoms with E-state index in [2.05, 4.69) is 35.0 Å². The Labute approximate surface area is 128 Å². The fourth-order valence-corrected chi connectivity index (χ4v) is 2.69. The Balaban J connectivity index is 2.13. The highest BCUT2D eigenvalue weighted by Gasteiger charge is 2.11. The van der Waals surface area contributed by atoms with Crippen LogP contribution in [0.1, 0.15) is 29.7 Å². The number of benzene rings is 2. The van der Waals surface area contributed by atoms with Crippen molar-refractivity contribution in [3.63, 3.8) is 0 Å². The Hall–Kier alpha value is -1.32. The van der Waals surface area contributed by atoms with E-state index in [0.717, 1.165) is 21.3 Å². The highest BCUT2D eigenvalue weighted by atomic mass is 79.9. The number of aryl methyl sites for hydroxylation is 1. The van der Waals surface area contributed by atoms with E-state index in [4.69, 9.17) is 4.74 Å². The summed E-state index contributed by atoms with van der Waals surface area (Å²) in [6.07, 6.45) is 0.103. The molecule has 1 N–H and O–H groups in total. The molecular formula is C17H19BrO2. The number of hydrogen-bond donors (Lipinski definition) is 1. The molecule has 2 aromatic rings. The molecule has 106 valence electrons. The van der Waals surface area contributed by atoms with Crippen LogP contribution < -0.4 is 4.74 Å². The van der Waals surface area contributed by atoms with Crippen LogP contribution in [0.2, 0.25) is 0 Å². The molecule has 0 amide bonds. The van der Waals surface area contributed by atoms with E-state index in [1.807, 2.05) is 37.3 Å². The summed E-state index contributed by atoms with van der Waals surface area (Å²) < 4.78 is 6.35. The van der Waals surface area contributed by atoms with Crippen LogP contribution in [0.4, 0.5) is 0 Å². The molecule has 0 saturated carbocycles. The molecule has 0 aliphatic heterocycles. The lowest BCUT2D eigenvalue weighted by molar-refractivity contribution is 0.178. The van der Waals surface area contributed by atoms with Crippen molar-refractivity contribution >= 4 is 15.9 Å². The van der Waals surface area contributed by atoms with Crippen LogP contribution in [0.5, 0.6) is 5.75 Å². The van der Waals surface area contributed by atoms with E-state index < -0.39 is 6.10 Å². The van der Waals surface area contributed by atoms with Crippen LogP contribution >= 0.6 is 15.9 Å². The van der Waals surface area contributed by atoms with Gasteiger partial charge in [-0.3, -0.25) is 0 Å². The van der Waals surface area contributed by atoms with Crippen molar-refractivity contribution in [2.45, 2.75) is 26.4 Å². The summed E-state index contributed by atoms with van der Waals surface area (Å²) in [6, 6.07) is 13.9. The minimum Gasteiger partial charge on any atom is -0.493 e. The Bertz CT molecular complexity index is 581. The number of halogens is 1. The van der Waals surface area contributed by atoms with Gasteiger partial charge in [0.1, 0.15) is 5.75 Å². The average Bonchev–Trinajstić information content (AvgIpc) is 2.41. The van der Waals surface area contributed by atoms with Crippen LogP contribution in [-0.4, -0.2) is 11.7 Å². The van der Waals surface area contributed by atoms with Gasteiger partial charge in [0.2, 0.25) is 0 Å². The third kappa shape index (κ3) is 3.84. The van der Waals surface area contributed by atoms with Crippen molar-refractivity contribution in [3.05, 3.63) is 63.6 Å². The number of aliphatic hydroxyl groups is 1. The van der Waals surface area contributed by atoms with Crippen molar-refractivity contribution in [2.24, 2.45) is 0 Å². The first-order valence-electron chi connectivity index (χ1n) is 6.76. The Morgan fingerprint density at radius 3 is 2.65 bits per heavy atom. The molecule has 2 rings (SSSR count). The van der Waals surface area contributed by atoms with Crippen molar-refractivity contribution in [1.29, 1.82) is 0 Å². The van der Waals surface area contributed by atoms with Gasteiger partial charge < -0.3 is 9.84 Å². The number of ether oxygens (including phenoxy) is 1. The third-order valence-electron chi connectivity index (χ3n) is 3.15. The molecule has 20 heavy (non-hydrogen) atoms. The fraction of sp³-hybridized carbons (Fsp3) is 0.294. The van der Waals surface area contributed by atoms with E-state index in [-0.39, 0.29) is 0 Å². The maximum atomic E-state index is 10.3. The normalized spacial score (nSPS) is 12.2. The number of rotatable bonds is 5. The summed E-state index contributed by atoms with van der Waals surface area (Å²) in [5.41, 5.74) is 3.24. The van der Waals surface area contributed by atoms with Gasteiger partial charge in [-0.1, -0.05) is 35.9 Å². The molecule has 0 aliphatic carbocycles. The third-order valence-corrected chi connectivity index (χ3v) is 3.77. The summed E-state index contributed by atoms with van der Waals surface area (Å²) in [6.45, 7) is 4.64. The van der Waals surface area contributed by atoms with E-state index in [1.165, 1.54) is 5.56 Å². The molecule has 0 spiro atoms. The lowest BCUT2D eigenvalue weighted by Crippen LogP contribution is -2.02. The Kier molecular flexibility index (Phi) is 5.21. The molecule has 1 atom stereocenters. The first-order valence-corrected chi connectivity index (χ1v) is 7.55. The molecule has 0 bridgehead atoms. The van der Waals surface area contributed by atoms with E-state index in [1.54, 1.807) is 0 Å². The van der Waals surface area contributed by atoms with E-state index >= 15 is 0 Å². The topological polar surface area (TPSA) is 29.5 Å². The van der Waals surface area contributed by atoms with Gasteiger partial charge in [-0.2, -0.15) is 0 Å². The predicted molar refractivity (Wildman–Crippen MR) is 85.2 cm³/mol. The van der Waals surface area contributed by atoms with Crippen LogP contribution in [0.25, 0.3) is 0 Å². The molecule has 2 nitrogen and oxygen atoms in total. The summed E-state index contributed by atoms with van der Waals surface area (Å²) in [5.74, 6) is 0.805. The van der Waals surface area contributed by atoms with Gasteiger partial charge in [-0.05, 0) is 53.0 Å². The zero-order chi connectivity index (χ0) is 14.5. The van der Waals surface area contributed by atoms with Gasteiger partial charge in [0.25, 0.3) is 0 Å². The molecule has 3 heteroatoms. The first-order chi connectivity index (χ1) is 9.60. The minimum atomic E-state index is -0.510. The van der Waals surface area contributed by atoms with Crippen molar-refractivity contribution in [1.82, 2.24) is 0 Å². The van der Waals surface area contributed by atoms with Crippen LogP contribution in [-0.2, 0) is 6.42 Å². The molecule has 0 saturated heterocycles. The van der Waals surface area contributed by atoms with Gasteiger partial charge in [0.15, 0.2) is 0 Å². The molecule has 1 unspecified atom stereocenters. The highest BCUT2D eigenvalue weighted by molar-refractivity contribution is 9.10. The van der Waals surface area contributed by atoms with Crippen molar-refractivity contribution < 1.29 is 9.84 Å². The maximum absolute atomic E-state index is 10.3.